The fourth-order valence-electron chi connectivity index (χ4n) is 6.81. The van der Waals surface area contributed by atoms with Gasteiger partial charge in [0.05, 0.1) is 12.2 Å². The van der Waals surface area contributed by atoms with E-state index in [9.17, 15) is 19.1 Å². The molecule has 4 aliphatic rings. The van der Waals surface area contributed by atoms with Crippen LogP contribution in [-0.4, -0.2) is 64.7 Å². The number of carboxylic acid groups (broad SMARTS) is 1. The molecule has 2 atom stereocenters. The fraction of sp³-hybridized carbons (Fsp3) is 0.533. The molecule has 1 N–H and O–H groups in total. The number of likely N-dealkylation sites (tertiary alicyclic amines) is 1. The number of amides is 1. The first-order chi connectivity index (χ1) is 18.3. The highest BCUT2D eigenvalue weighted by Gasteiger charge is 2.55. The minimum absolute atomic E-state index is 0.147. The lowest BCUT2D eigenvalue weighted by atomic mass is 9.83. The molecule has 3 heterocycles. The van der Waals surface area contributed by atoms with Crippen molar-refractivity contribution in [2.24, 2.45) is 5.92 Å². The van der Waals surface area contributed by atoms with Crippen molar-refractivity contribution in [3.63, 3.8) is 0 Å². The van der Waals surface area contributed by atoms with E-state index in [1.54, 1.807) is 6.07 Å². The highest BCUT2D eigenvalue weighted by atomic mass is 35.5. The molecule has 1 amide bonds. The first-order valence-corrected chi connectivity index (χ1v) is 14.2. The van der Waals surface area contributed by atoms with Gasteiger partial charge in [-0.25, -0.2) is 9.18 Å². The molecule has 1 aliphatic carbocycles. The van der Waals surface area contributed by atoms with E-state index in [2.05, 4.69) is 11.0 Å². The molecule has 6 nitrogen and oxygen atoms in total. The quantitative estimate of drug-likeness (QED) is 0.559. The number of carbonyl (C=O) groups is 2. The average molecular weight is 541 g/mol. The van der Waals surface area contributed by atoms with E-state index in [0.29, 0.717) is 24.1 Å². The van der Waals surface area contributed by atoms with E-state index in [4.69, 9.17) is 16.3 Å². The van der Waals surface area contributed by atoms with Gasteiger partial charge in [0, 0.05) is 24.2 Å². The largest absolute Gasteiger partial charge is 0.478 e. The third-order valence-electron chi connectivity index (χ3n) is 9.19. The number of ether oxygens (including phenoxy) is 1. The number of hydrogen-bond donors (Lipinski definition) is 1. The third-order valence-corrected chi connectivity index (χ3v) is 9.42. The maximum absolute atomic E-state index is 13.9. The average Bonchev–Trinajstić information content (AvgIpc) is 3.79. The Morgan fingerprint density at radius 1 is 1.00 bits per heavy atom. The van der Waals surface area contributed by atoms with Gasteiger partial charge < -0.3 is 14.7 Å². The number of carbonyl (C=O) groups excluding carboxylic acids is 1. The Labute approximate surface area is 227 Å². The maximum Gasteiger partial charge on any atom is 0.338 e. The lowest BCUT2D eigenvalue weighted by molar-refractivity contribution is -0.177. The molecule has 0 unspecified atom stereocenters. The SMILES string of the molecule is O=C(O)c1cc(C2CCN([C@@H]3CC[C@@](C(=O)N4CCc5ccc(Cl)cc5C4)(C4CC4)OC3)CC2)ccc1F. The van der Waals surface area contributed by atoms with Crippen LogP contribution in [0.2, 0.25) is 5.02 Å². The predicted octanol–water partition coefficient (Wildman–Crippen LogP) is 5.27. The molecule has 2 aromatic carbocycles. The van der Waals surface area contributed by atoms with Crippen LogP contribution in [0.1, 0.15) is 71.5 Å². The number of piperidine rings is 1. The van der Waals surface area contributed by atoms with Crippen molar-refractivity contribution < 1.29 is 23.8 Å². The topological polar surface area (TPSA) is 70.1 Å². The van der Waals surface area contributed by atoms with Crippen molar-refractivity contribution >= 4 is 23.5 Å². The minimum Gasteiger partial charge on any atom is -0.478 e. The number of benzene rings is 2. The Bertz CT molecular complexity index is 1230. The van der Waals surface area contributed by atoms with Crippen LogP contribution in [0.15, 0.2) is 36.4 Å². The first kappa shape index (κ1) is 25.8. The standard InChI is InChI=1S/C30H34ClFN2O4/c31-24-5-1-19-10-14-34(17-22(19)15-24)29(37)30(23-3-4-23)11-7-25(18-38-30)33-12-8-20(9-13-33)21-2-6-27(32)26(16-21)28(35)36/h1-2,5-6,15-16,20,23,25H,3-4,7-14,17-18H2,(H,35,36)/t25-,30+/m1/s1. The van der Waals surface area contributed by atoms with E-state index in [-0.39, 0.29) is 23.4 Å². The molecular weight excluding hydrogens is 507 g/mol. The zero-order chi connectivity index (χ0) is 26.4. The van der Waals surface area contributed by atoms with Crippen molar-refractivity contribution in [1.29, 1.82) is 0 Å². The van der Waals surface area contributed by atoms with Crippen LogP contribution < -0.4 is 0 Å². The van der Waals surface area contributed by atoms with E-state index in [1.807, 2.05) is 17.0 Å². The molecule has 0 bridgehead atoms. The second kappa shape index (κ2) is 10.2. The second-order valence-electron chi connectivity index (χ2n) is 11.4. The van der Waals surface area contributed by atoms with Crippen molar-refractivity contribution in [3.05, 3.63) is 69.5 Å². The molecular formula is C30H34ClFN2O4. The number of halogens is 2. The molecule has 3 fully saturated rings. The van der Waals surface area contributed by atoms with Gasteiger partial charge in [-0.1, -0.05) is 23.7 Å². The van der Waals surface area contributed by atoms with Crippen molar-refractivity contribution in [2.45, 2.75) is 69.1 Å². The Kier molecular flexibility index (Phi) is 6.95. The lowest BCUT2D eigenvalue weighted by Gasteiger charge is -2.46. The molecule has 2 saturated heterocycles. The summed E-state index contributed by atoms with van der Waals surface area (Å²) >= 11 is 6.23. The van der Waals surface area contributed by atoms with Gasteiger partial charge in [0.2, 0.25) is 0 Å². The summed E-state index contributed by atoms with van der Waals surface area (Å²) in [5, 5.41) is 9.97. The van der Waals surface area contributed by atoms with Crippen LogP contribution in [-0.2, 0) is 22.5 Å². The zero-order valence-electron chi connectivity index (χ0n) is 21.5. The Morgan fingerprint density at radius 2 is 1.79 bits per heavy atom. The van der Waals surface area contributed by atoms with Gasteiger partial charge in [0.1, 0.15) is 11.4 Å². The second-order valence-corrected chi connectivity index (χ2v) is 11.8. The third kappa shape index (κ3) is 4.85. The van der Waals surface area contributed by atoms with E-state index < -0.39 is 17.4 Å². The Balaban J connectivity index is 1.08. The summed E-state index contributed by atoms with van der Waals surface area (Å²) < 4.78 is 20.4. The smallest absolute Gasteiger partial charge is 0.338 e. The molecule has 202 valence electrons. The summed E-state index contributed by atoms with van der Waals surface area (Å²) in [6, 6.07) is 10.7. The summed E-state index contributed by atoms with van der Waals surface area (Å²) in [6.07, 6.45) is 6.41. The molecule has 6 rings (SSSR count). The Morgan fingerprint density at radius 3 is 2.47 bits per heavy atom. The van der Waals surface area contributed by atoms with Gasteiger partial charge in [0.15, 0.2) is 0 Å². The maximum atomic E-state index is 13.9. The number of nitrogens with zero attached hydrogens (tertiary/aromatic N) is 2. The van der Waals surface area contributed by atoms with Crippen LogP contribution in [0.4, 0.5) is 4.39 Å². The lowest BCUT2D eigenvalue weighted by Crippen LogP contribution is -2.58. The number of rotatable bonds is 5. The molecule has 2 aromatic rings. The summed E-state index contributed by atoms with van der Waals surface area (Å²) in [7, 11) is 0. The molecule has 3 aliphatic heterocycles. The van der Waals surface area contributed by atoms with Crippen LogP contribution in [0.3, 0.4) is 0 Å². The van der Waals surface area contributed by atoms with Crippen molar-refractivity contribution in [1.82, 2.24) is 9.80 Å². The van der Waals surface area contributed by atoms with Gasteiger partial charge in [-0.15, -0.1) is 0 Å². The summed E-state index contributed by atoms with van der Waals surface area (Å²) in [5.74, 6) is -1.24. The molecule has 38 heavy (non-hydrogen) atoms. The van der Waals surface area contributed by atoms with Crippen molar-refractivity contribution in [2.75, 3.05) is 26.2 Å². The predicted molar refractivity (Wildman–Crippen MR) is 142 cm³/mol. The van der Waals surface area contributed by atoms with Crippen LogP contribution >= 0.6 is 11.6 Å². The highest BCUT2D eigenvalue weighted by molar-refractivity contribution is 6.30. The molecule has 0 radical (unpaired) electrons. The molecule has 8 heteroatoms. The summed E-state index contributed by atoms with van der Waals surface area (Å²) in [4.78, 5) is 29.7. The number of hydrogen-bond acceptors (Lipinski definition) is 4. The van der Waals surface area contributed by atoms with Gasteiger partial charge in [-0.05, 0) is 111 Å². The Hall–Kier alpha value is -2.48. The molecule has 1 saturated carbocycles. The van der Waals surface area contributed by atoms with Gasteiger partial charge in [0.25, 0.3) is 5.91 Å². The van der Waals surface area contributed by atoms with Crippen LogP contribution in [0, 0.1) is 11.7 Å². The van der Waals surface area contributed by atoms with Crippen LogP contribution in [0.25, 0.3) is 0 Å². The first-order valence-electron chi connectivity index (χ1n) is 13.8. The van der Waals surface area contributed by atoms with Gasteiger partial charge in [-0.3, -0.25) is 9.69 Å². The number of carboxylic acids is 1. The minimum atomic E-state index is -1.23. The monoisotopic (exact) mass is 540 g/mol. The summed E-state index contributed by atoms with van der Waals surface area (Å²) in [6.45, 7) is 3.63. The molecule has 0 aromatic heterocycles. The summed E-state index contributed by atoms with van der Waals surface area (Å²) in [5.41, 5.74) is 2.34. The number of aromatic carboxylic acids is 1. The zero-order valence-corrected chi connectivity index (χ0v) is 22.3. The fourth-order valence-corrected chi connectivity index (χ4v) is 7.00. The highest BCUT2D eigenvalue weighted by Crippen LogP contribution is 2.48. The van der Waals surface area contributed by atoms with E-state index in [1.165, 1.54) is 17.7 Å². The van der Waals surface area contributed by atoms with E-state index >= 15 is 0 Å². The number of fused-ring (bicyclic) bond motifs is 1. The molecule has 0 spiro atoms. The van der Waals surface area contributed by atoms with E-state index in [0.717, 1.165) is 75.7 Å². The van der Waals surface area contributed by atoms with Crippen LogP contribution in [0.5, 0.6) is 0 Å². The van der Waals surface area contributed by atoms with Gasteiger partial charge >= 0.3 is 5.97 Å². The van der Waals surface area contributed by atoms with Crippen molar-refractivity contribution in [3.8, 4) is 0 Å². The normalized spacial score (nSPS) is 26.7. The van der Waals surface area contributed by atoms with Gasteiger partial charge in [-0.2, -0.15) is 0 Å².